The molecule has 0 bridgehead atoms. The molecule has 0 fully saturated rings. The van der Waals surface area contributed by atoms with Crippen LogP contribution in [-0.4, -0.2) is 0 Å². The third-order valence-corrected chi connectivity index (χ3v) is 12.1. The number of anilines is 3. The van der Waals surface area contributed by atoms with E-state index in [0.717, 1.165) is 17.1 Å². The summed E-state index contributed by atoms with van der Waals surface area (Å²) in [6, 6.07) is 78.3. The van der Waals surface area contributed by atoms with Crippen molar-refractivity contribution >= 4 is 70.9 Å². The van der Waals surface area contributed by atoms with Crippen molar-refractivity contribution in [3.8, 4) is 44.5 Å². The van der Waals surface area contributed by atoms with E-state index in [1.54, 1.807) is 0 Å². The molecule has 0 N–H and O–H groups in total. The molecular formula is C56H35N. The van der Waals surface area contributed by atoms with Gasteiger partial charge in [0.2, 0.25) is 0 Å². The molecule has 0 aromatic heterocycles. The van der Waals surface area contributed by atoms with Crippen LogP contribution in [0, 0.1) is 0 Å². The van der Waals surface area contributed by atoms with Crippen LogP contribution in [-0.2, 0) is 0 Å². The molecule has 12 rings (SSSR count). The van der Waals surface area contributed by atoms with E-state index >= 15 is 0 Å². The summed E-state index contributed by atoms with van der Waals surface area (Å²) < 4.78 is 0. The standard InChI is InChI=1S/C56H35N/c1-3-11-36(12-4-1)38-21-24-44(25-22-38)57(46-27-28-51-49-17-8-7-15-47(49)48-16-9-10-18-50(48)56(51)35-46)45-26-23-41-32-53-52-31-40-20-19-39(37-13-5-2-6-14-37)29-42(40)33-54(52)55(53)34-43(41)30-45/h1-35H. The molecule has 0 saturated carbocycles. The molecule has 0 atom stereocenters. The van der Waals surface area contributed by atoms with Gasteiger partial charge in [0.05, 0.1) is 0 Å². The fraction of sp³-hybridized carbons (Fsp3) is 0. The number of benzene rings is 11. The van der Waals surface area contributed by atoms with Gasteiger partial charge in [0.25, 0.3) is 0 Å². The van der Waals surface area contributed by atoms with Gasteiger partial charge in [0, 0.05) is 17.1 Å². The average molecular weight is 722 g/mol. The summed E-state index contributed by atoms with van der Waals surface area (Å²) >= 11 is 0. The Balaban J connectivity index is 1.01. The summed E-state index contributed by atoms with van der Waals surface area (Å²) in [5.74, 6) is 0. The maximum atomic E-state index is 2.42. The summed E-state index contributed by atoms with van der Waals surface area (Å²) in [6.45, 7) is 0. The molecule has 57 heavy (non-hydrogen) atoms. The monoisotopic (exact) mass is 721 g/mol. The second-order valence-corrected chi connectivity index (χ2v) is 15.3. The SMILES string of the molecule is c1ccc(-c2ccc(N(c3ccc4cc5c(cc4c3)-c3cc4cc(-c6ccccc6)ccc4cc3-5)c3ccc4c5ccccc5c5ccccc5c4c3)cc2)cc1. The Bertz CT molecular complexity index is 3350. The first-order valence-corrected chi connectivity index (χ1v) is 19.7. The largest absolute Gasteiger partial charge is 0.310 e. The van der Waals surface area contributed by atoms with Crippen LogP contribution in [0.4, 0.5) is 17.1 Å². The van der Waals surface area contributed by atoms with Crippen molar-refractivity contribution < 1.29 is 0 Å². The quantitative estimate of drug-likeness (QED) is 0.160. The molecule has 0 amide bonds. The van der Waals surface area contributed by atoms with Crippen molar-refractivity contribution in [2.45, 2.75) is 0 Å². The predicted molar refractivity (Wildman–Crippen MR) is 244 cm³/mol. The minimum Gasteiger partial charge on any atom is -0.310 e. The van der Waals surface area contributed by atoms with Crippen molar-refractivity contribution in [1.29, 1.82) is 0 Å². The molecule has 1 aliphatic carbocycles. The number of hydrogen-bond donors (Lipinski definition) is 0. The summed E-state index contributed by atoms with van der Waals surface area (Å²) in [7, 11) is 0. The molecule has 264 valence electrons. The van der Waals surface area contributed by atoms with Gasteiger partial charge >= 0.3 is 0 Å². The van der Waals surface area contributed by atoms with E-state index in [1.807, 2.05) is 0 Å². The highest BCUT2D eigenvalue weighted by Gasteiger charge is 2.24. The Kier molecular flexibility index (Phi) is 7.00. The Morgan fingerprint density at radius 3 is 1.19 bits per heavy atom. The van der Waals surface area contributed by atoms with E-state index < -0.39 is 0 Å². The van der Waals surface area contributed by atoms with Gasteiger partial charge < -0.3 is 4.90 Å². The molecule has 0 aliphatic heterocycles. The second-order valence-electron chi connectivity index (χ2n) is 15.3. The minimum atomic E-state index is 1.12. The fourth-order valence-corrected chi connectivity index (χ4v) is 9.28. The van der Waals surface area contributed by atoms with E-state index in [4.69, 9.17) is 0 Å². The molecule has 11 aromatic rings. The van der Waals surface area contributed by atoms with Crippen LogP contribution in [0.1, 0.15) is 0 Å². The van der Waals surface area contributed by atoms with Gasteiger partial charge in [-0.2, -0.15) is 0 Å². The summed E-state index contributed by atoms with van der Waals surface area (Å²) in [5, 5.41) is 12.7. The first-order valence-electron chi connectivity index (χ1n) is 19.7. The van der Waals surface area contributed by atoms with Gasteiger partial charge in [-0.1, -0.05) is 146 Å². The summed E-state index contributed by atoms with van der Waals surface area (Å²) in [5.41, 5.74) is 13.6. The van der Waals surface area contributed by atoms with Crippen molar-refractivity contribution in [3.63, 3.8) is 0 Å². The van der Waals surface area contributed by atoms with Crippen LogP contribution in [0.2, 0.25) is 0 Å². The van der Waals surface area contributed by atoms with Gasteiger partial charge in [0.15, 0.2) is 0 Å². The molecule has 0 radical (unpaired) electrons. The minimum absolute atomic E-state index is 1.12. The lowest BCUT2D eigenvalue weighted by Crippen LogP contribution is -2.10. The molecule has 0 spiro atoms. The topological polar surface area (TPSA) is 3.24 Å². The average Bonchev–Trinajstić information content (AvgIpc) is 3.28. The number of nitrogens with zero attached hydrogens (tertiary/aromatic N) is 1. The Labute approximate surface area is 331 Å². The van der Waals surface area contributed by atoms with E-state index in [9.17, 15) is 0 Å². The number of hydrogen-bond acceptors (Lipinski definition) is 1. The fourth-order valence-electron chi connectivity index (χ4n) is 9.28. The van der Waals surface area contributed by atoms with Crippen LogP contribution >= 0.6 is 0 Å². The smallest absolute Gasteiger partial charge is 0.0468 e. The van der Waals surface area contributed by atoms with E-state index in [1.165, 1.54) is 98.4 Å². The van der Waals surface area contributed by atoms with Crippen molar-refractivity contribution in [1.82, 2.24) is 0 Å². The van der Waals surface area contributed by atoms with Crippen molar-refractivity contribution in [2.75, 3.05) is 4.90 Å². The molecular weight excluding hydrogens is 687 g/mol. The third kappa shape index (κ3) is 5.10. The van der Waals surface area contributed by atoms with Gasteiger partial charge in [-0.15, -0.1) is 0 Å². The zero-order chi connectivity index (χ0) is 37.5. The first kappa shape index (κ1) is 31.8. The second kappa shape index (κ2) is 12.5. The Morgan fingerprint density at radius 1 is 0.211 bits per heavy atom. The van der Waals surface area contributed by atoms with Crippen LogP contribution in [0.3, 0.4) is 0 Å². The van der Waals surface area contributed by atoms with E-state index in [2.05, 4.69) is 217 Å². The van der Waals surface area contributed by atoms with Gasteiger partial charge in [-0.05, 0) is 165 Å². The van der Waals surface area contributed by atoms with Crippen LogP contribution in [0.25, 0.3) is 98.4 Å². The molecule has 1 heteroatoms. The Morgan fingerprint density at radius 2 is 0.596 bits per heavy atom. The lowest BCUT2D eigenvalue weighted by atomic mass is 9.77. The van der Waals surface area contributed by atoms with Gasteiger partial charge in [-0.25, -0.2) is 0 Å². The number of rotatable bonds is 5. The van der Waals surface area contributed by atoms with E-state index in [-0.39, 0.29) is 0 Å². The zero-order valence-corrected chi connectivity index (χ0v) is 31.2. The highest BCUT2D eigenvalue weighted by atomic mass is 15.1. The van der Waals surface area contributed by atoms with Crippen LogP contribution in [0.5, 0.6) is 0 Å². The molecule has 0 unspecified atom stereocenters. The molecule has 1 nitrogen and oxygen atoms in total. The normalized spacial score (nSPS) is 11.9. The maximum absolute atomic E-state index is 2.42. The maximum Gasteiger partial charge on any atom is 0.0468 e. The molecule has 1 aliphatic rings. The van der Waals surface area contributed by atoms with Gasteiger partial charge in [-0.3, -0.25) is 0 Å². The van der Waals surface area contributed by atoms with Gasteiger partial charge in [0.1, 0.15) is 0 Å². The summed E-state index contributed by atoms with van der Waals surface area (Å²) in [6.07, 6.45) is 0. The predicted octanol–water partition coefficient (Wildman–Crippen LogP) is 15.9. The van der Waals surface area contributed by atoms with Crippen LogP contribution in [0.15, 0.2) is 212 Å². The summed E-state index contributed by atoms with van der Waals surface area (Å²) in [4.78, 5) is 2.42. The molecule has 11 aromatic carbocycles. The first-order chi connectivity index (χ1) is 28.2. The molecule has 0 heterocycles. The third-order valence-electron chi connectivity index (χ3n) is 12.1. The Hall–Kier alpha value is -7.48. The van der Waals surface area contributed by atoms with Crippen molar-refractivity contribution in [2.24, 2.45) is 0 Å². The number of fused-ring (bicyclic) bond motifs is 12. The molecule has 0 saturated heterocycles. The van der Waals surface area contributed by atoms with Crippen molar-refractivity contribution in [3.05, 3.63) is 212 Å². The zero-order valence-electron chi connectivity index (χ0n) is 31.2. The van der Waals surface area contributed by atoms with E-state index in [0.29, 0.717) is 0 Å². The highest BCUT2D eigenvalue weighted by molar-refractivity contribution is 6.26. The lowest BCUT2D eigenvalue weighted by molar-refractivity contribution is 1.29. The van der Waals surface area contributed by atoms with Crippen LogP contribution < -0.4 is 4.90 Å². The highest BCUT2D eigenvalue weighted by Crippen LogP contribution is 2.51. The lowest BCUT2D eigenvalue weighted by Gasteiger charge is -2.28.